The Kier molecular flexibility index (Phi) is 4.20. The maximum absolute atomic E-state index is 5.92. The predicted molar refractivity (Wildman–Crippen MR) is 70.1 cm³/mol. The fourth-order valence-corrected chi connectivity index (χ4v) is 1.53. The maximum Gasteiger partial charge on any atom is 0.119 e. The van der Waals surface area contributed by atoms with Gasteiger partial charge in [-0.05, 0) is 23.8 Å². The molecular formula is C13H14ClNO. The molecule has 2 N–H and O–H groups in total. The molecule has 2 aromatic rings. The number of hydrogen-bond acceptors (Lipinski definition) is 2. The standard InChI is InChI=1S/C13H13NO.ClH/c1-15-11-7-8-13(14)12(9-11)10-5-3-2-4-6-10;/h2-9H,14H2,1H3;1H. The molecule has 0 aliphatic carbocycles. The summed E-state index contributed by atoms with van der Waals surface area (Å²) in [5.74, 6) is 0.822. The zero-order chi connectivity index (χ0) is 10.7. The van der Waals surface area contributed by atoms with Gasteiger partial charge < -0.3 is 10.5 Å². The van der Waals surface area contributed by atoms with Gasteiger partial charge in [0.25, 0.3) is 0 Å². The average molecular weight is 236 g/mol. The van der Waals surface area contributed by atoms with E-state index in [1.165, 1.54) is 0 Å². The summed E-state index contributed by atoms with van der Waals surface area (Å²) in [6.07, 6.45) is 0. The van der Waals surface area contributed by atoms with Crippen molar-refractivity contribution < 1.29 is 4.74 Å². The van der Waals surface area contributed by atoms with E-state index in [0.717, 1.165) is 22.6 Å². The minimum absolute atomic E-state index is 0. The van der Waals surface area contributed by atoms with Crippen molar-refractivity contribution in [2.75, 3.05) is 12.8 Å². The highest BCUT2D eigenvalue weighted by Gasteiger charge is 2.03. The SMILES string of the molecule is COc1ccc(N)c(-c2ccccc2)c1.Cl. The molecule has 0 bridgehead atoms. The average Bonchev–Trinajstić information content (AvgIpc) is 2.31. The zero-order valence-electron chi connectivity index (χ0n) is 9.01. The van der Waals surface area contributed by atoms with Gasteiger partial charge in [-0.2, -0.15) is 0 Å². The van der Waals surface area contributed by atoms with Gasteiger partial charge in [-0.3, -0.25) is 0 Å². The first-order valence-corrected chi connectivity index (χ1v) is 4.80. The molecule has 0 radical (unpaired) electrons. The fraction of sp³-hybridized carbons (Fsp3) is 0.0769. The number of nitrogen functional groups attached to an aromatic ring is 1. The van der Waals surface area contributed by atoms with Crippen LogP contribution >= 0.6 is 12.4 Å². The molecule has 0 saturated carbocycles. The van der Waals surface area contributed by atoms with Crippen molar-refractivity contribution in [1.82, 2.24) is 0 Å². The number of anilines is 1. The Hall–Kier alpha value is -1.67. The first kappa shape index (κ1) is 12.4. The van der Waals surface area contributed by atoms with Crippen molar-refractivity contribution in [2.45, 2.75) is 0 Å². The molecule has 0 heterocycles. The van der Waals surface area contributed by atoms with Crippen LogP contribution in [0.4, 0.5) is 5.69 Å². The van der Waals surface area contributed by atoms with Gasteiger partial charge in [0.05, 0.1) is 7.11 Å². The van der Waals surface area contributed by atoms with Gasteiger partial charge >= 0.3 is 0 Å². The van der Waals surface area contributed by atoms with E-state index in [1.54, 1.807) is 7.11 Å². The fourth-order valence-electron chi connectivity index (χ4n) is 1.53. The molecule has 0 fully saturated rings. The van der Waals surface area contributed by atoms with Crippen LogP contribution in [-0.2, 0) is 0 Å². The predicted octanol–water partition coefficient (Wildman–Crippen LogP) is 3.37. The van der Waals surface area contributed by atoms with E-state index in [1.807, 2.05) is 48.5 Å². The van der Waals surface area contributed by atoms with Gasteiger partial charge in [-0.1, -0.05) is 30.3 Å². The van der Waals surface area contributed by atoms with Crippen LogP contribution in [0.25, 0.3) is 11.1 Å². The van der Waals surface area contributed by atoms with Gasteiger partial charge in [-0.15, -0.1) is 12.4 Å². The Morgan fingerprint density at radius 3 is 2.31 bits per heavy atom. The van der Waals surface area contributed by atoms with Gasteiger partial charge in [0, 0.05) is 11.3 Å². The number of hydrogen-bond donors (Lipinski definition) is 1. The topological polar surface area (TPSA) is 35.2 Å². The lowest BCUT2D eigenvalue weighted by atomic mass is 10.0. The third-order valence-electron chi connectivity index (χ3n) is 2.35. The Labute approximate surface area is 101 Å². The summed E-state index contributed by atoms with van der Waals surface area (Å²) in [5, 5.41) is 0. The van der Waals surface area contributed by atoms with Crippen LogP contribution in [0.15, 0.2) is 48.5 Å². The minimum Gasteiger partial charge on any atom is -0.497 e. The summed E-state index contributed by atoms with van der Waals surface area (Å²) in [7, 11) is 1.65. The molecule has 0 unspecified atom stereocenters. The molecule has 2 rings (SSSR count). The van der Waals surface area contributed by atoms with E-state index in [2.05, 4.69) is 0 Å². The van der Waals surface area contributed by atoms with Gasteiger partial charge in [0.2, 0.25) is 0 Å². The van der Waals surface area contributed by atoms with Crippen LogP contribution < -0.4 is 10.5 Å². The smallest absolute Gasteiger partial charge is 0.119 e. The van der Waals surface area contributed by atoms with Crippen molar-refractivity contribution in [1.29, 1.82) is 0 Å². The highest BCUT2D eigenvalue weighted by Crippen LogP contribution is 2.29. The van der Waals surface area contributed by atoms with Crippen molar-refractivity contribution in [3.8, 4) is 16.9 Å². The highest BCUT2D eigenvalue weighted by molar-refractivity contribution is 5.85. The Morgan fingerprint density at radius 1 is 1.00 bits per heavy atom. The molecule has 0 atom stereocenters. The zero-order valence-corrected chi connectivity index (χ0v) is 9.83. The lowest BCUT2D eigenvalue weighted by Gasteiger charge is -2.07. The van der Waals surface area contributed by atoms with Crippen LogP contribution in [0, 0.1) is 0 Å². The summed E-state index contributed by atoms with van der Waals surface area (Å²) in [6, 6.07) is 15.7. The number of methoxy groups -OCH3 is 1. The number of nitrogens with two attached hydrogens (primary N) is 1. The third-order valence-corrected chi connectivity index (χ3v) is 2.35. The van der Waals surface area contributed by atoms with E-state index in [4.69, 9.17) is 10.5 Å². The van der Waals surface area contributed by atoms with E-state index in [9.17, 15) is 0 Å². The summed E-state index contributed by atoms with van der Waals surface area (Å²) in [6.45, 7) is 0. The van der Waals surface area contributed by atoms with Crippen LogP contribution in [-0.4, -0.2) is 7.11 Å². The highest BCUT2D eigenvalue weighted by atomic mass is 35.5. The van der Waals surface area contributed by atoms with Crippen LogP contribution in [0.3, 0.4) is 0 Å². The molecule has 3 heteroatoms. The largest absolute Gasteiger partial charge is 0.497 e. The van der Waals surface area contributed by atoms with E-state index >= 15 is 0 Å². The van der Waals surface area contributed by atoms with E-state index < -0.39 is 0 Å². The normalized spacial score (nSPS) is 9.31. The molecule has 0 aromatic heterocycles. The summed E-state index contributed by atoms with van der Waals surface area (Å²) in [5.41, 5.74) is 8.80. The lowest BCUT2D eigenvalue weighted by molar-refractivity contribution is 0.415. The molecule has 0 amide bonds. The van der Waals surface area contributed by atoms with Crippen molar-refractivity contribution >= 4 is 18.1 Å². The van der Waals surface area contributed by atoms with Crippen molar-refractivity contribution in [3.05, 3.63) is 48.5 Å². The Morgan fingerprint density at radius 2 is 1.69 bits per heavy atom. The molecule has 2 nitrogen and oxygen atoms in total. The number of benzene rings is 2. The number of ether oxygens (including phenoxy) is 1. The summed E-state index contributed by atoms with van der Waals surface area (Å²) < 4.78 is 5.18. The molecule has 0 aliphatic rings. The van der Waals surface area contributed by atoms with E-state index in [0.29, 0.717) is 0 Å². The minimum atomic E-state index is 0. The Balaban J connectivity index is 0.00000128. The first-order valence-electron chi connectivity index (χ1n) is 4.80. The maximum atomic E-state index is 5.92. The van der Waals surface area contributed by atoms with Gasteiger partial charge in [0.15, 0.2) is 0 Å². The van der Waals surface area contributed by atoms with Crippen LogP contribution in [0.1, 0.15) is 0 Å². The van der Waals surface area contributed by atoms with Crippen LogP contribution in [0.5, 0.6) is 5.75 Å². The quantitative estimate of drug-likeness (QED) is 0.810. The van der Waals surface area contributed by atoms with Gasteiger partial charge in [-0.25, -0.2) is 0 Å². The van der Waals surface area contributed by atoms with Crippen molar-refractivity contribution in [3.63, 3.8) is 0 Å². The molecule has 0 spiro atoms. The number of halogens is 1. The molecule has 16 heavy (non-hydrogen) atoms. The molecular weight excluding hydrogens is 222 g/mol. The number of rotatable bonds is 2. The molecule has 0 saturated heterocycles. The second-order valence-electron chi connectivity index (χ2n) is 3.32. The van der Waals surface area contributed by atoms with Crippen molar-refractivity contribution in [2.24, 2.45) is 0 Å². The second kappa shape index (κ2) is 5.42. The first-order chi connectivity index (χ1) is 7.31. The second-order valence-corrected chi connectivity index (χ2v) is 3.32. The molecule has 0 aliphatic heterocycles. The third kappa shape index (κ3) is 2.47. The Bertz CT molecular complexity index is 457. The summed E-state index contributed by atoms with van der Waals surface area (Å²) >= 11 is 0. The monoisotopic (exact) mass is 235 g/mol. The van der Waals surface area contributed by atoms with Gasteiger partial charge in [0.1, 0.15) is 5.75 Å². The summed E-state index contributed by atoms with van der Waals surface area (Å²) in [4.78, 5) is 0. The molecule has 84 valence electrons. The van der Waals surface area contributed by atoms with E-state index in [-0.39, 0.29) is 12.4 Å². The van der Waals surface area contributed by atoms with Crippen LogP contribution in [0.2, 0.25) is 0 Å². The molecule has 2 aromatic carbocycles. The lowest BCUT2D eigenvalue weighted by Crippen LogP contribution is -1.91.